The molecule has 0 radical (unpaired) electrons. The summed E-state index contributed by atoms with van der Waals surface area (Å²) in [6, 6.07) is 1.78. The summed E-state index contributed by atoms with van der Waals surface area (Å²) < 4.78 is 0. The lowest BCUT2D eigenvalue weighted by atomic mass is 10.3. The molecule has 0 aromatic carbocycles. The van der Waals surface area contributed by atoms with E-state index < -0.39 is 0 Å². The molecule has 0 aliphatic heterocycles. The molecule has 0 fully saturated rings. The number of hydrogen-bond donors (Lipinski definition) is 1. The fourth-order valence-corrected chi connectivity index (χ4v) is 1.26. The number of nitrogens with zero attached hydrogens (tertiary/aromatic N) is 3. The molecular weight excluding hydrogens is 176 g/mol. The molecule has 0 saturated carbocycles. The van der Waals surface area contributed by atoms with Crippen LogP contribution in [0.2, 0.25) is 0 Å². The third-order valence-electron chi connectivity index (χ3n) is 1.84. The van der Waals surface area contributed by atoms with E-state index in [4.69, 9.17) is 5.73 Å². The van der Waals surface area contributed by atoms with Gasteiger partial charge in [0.25, 0.3) is 0 Å². The summed E-state index contributed by atoms with van der Waals surface area (Å²) in [4.78, 5) is 10.1. The Morgan fingerprint density at radius 3 is 2.93 bits per heavy atom. The number of aromatic nitrogens is 2. The minimum Gasteiger partial charge on any atom is -0.384 e. The normalized spacial score (nSPS) is 9.79. The summed E-state index contributed by atoms with van der Waals surface area (Å²) in [7, 11) is 0. The average molecular weight is 192 g/mol. The van der Waals surface area contributed by atoms with Crippen LogP contribution >= 0.6 is 0 Å². The van der Waals surface area contributed by atoms with Crippen molar-refractivity contribution in [2.75, 3.05) is 23.7 Å². The first-order valence-corrected chi connectivity index (χ1v) is 4.71. The average Bonchev–Trinajstić information content (AvgIpc) is 2.17. The predicted molar refractivity (Wildman–Crippen MR) is 59.1 cm³/mol. The zero-order chi connectivity index (χ0) is 10.4. The smallest absolute Gasteiger partial charge is 0.134 e. The molecule has 1 aromatic heterocycles. The largest absolute Gasteiger partial charge is 0.384 e. The molecule has 76 valence electrons. The minimum atomic E-state index is 0.500. The van der Waals surface area contributed by atoms with Gasteiger partial charge in [0.05, 0.1) is 0 Å². The highest BCUT2D eigenvalue weighted by molar-refractivity contribution is 5.46. The van der Waals surface area contributed by atoms with E-state index in [1.165, 1.54) is 6.33 Å². The molecule has 2 N–H and O–H groups in total. The van der Waals surface area contributed by atoms with Gasteiger partial charge in [-0.1, -0.05) is 13.0 Å². The summed E-state index contributed by atoms with van der Waals surface area (Å²) in [5.41, 5.74) is 5.59. The highest BCUT2D eigenvalue weighted by atomic mass is 15.2. The maximum atomic E-state index is 5.59. The van der Waals surface area contributed by atoms with Crippen molar-refractivity contribution in [2.45, 2.75) is 13.3 Å². The van der Waals surface area contributed by atoms with Crippen LogP contribution in [-0.4, -0.2) is 23.1 Å². The molecular formula is C10H16N4. The lowest BCUT2D eigenvalue weighted by molar-refractivity contribution is 0.800. The maximum absolute atomic E-state index is 5.59. The van der Waals surface area contributed by atoms with Crippen LogP contribution in [0, 0.1) is 0 Å². The second-order valence-electron chi connectivity index (χ2n) is 3.04. The van der Waals surface area contributed by atoms with E-state index in [0.29, 0.717) is 5.82 Å². The minimum absolute atomic E-state index is 0.500. The van der Waals surface area contributed by atoms with Crippen LogP contribution < -0.4 is 10.6 Å². The monoisotopic (exact) mass is 192 g/mol. The summed E-state index contributed by atoms with van der Waals surface area (Å²) in [5.74, 6) is 1.36. The van der Waals surface area contributed by atoms with Gasteiger partial charge in [0.2, 0.25) is 0 Å². The quantitative estimate of drug-likeness (QED) is 0.718. The first kappa shape index (κ1) is 10.5. The van der Waals surface area contributed by atoms with Gasteiger partial charge in [0.1, 0.15) is 18.0 Å². The topological polar surface area (TPSA) is 55.0 Å². The Balaban J connectivity index is 2.80. The van der Waals surface area contributed by atoms with E-state index in [1.807, 2.05) is 6.08 Å². The number of nitrogen functional groups attached to an aromatic ring is 1. The van der Waals surface area contributed by atoms with E-state index in [0.717, 1.165) is 25.3 Å². The number of nitrogens with two attached hydrogens (primary N) is 1. The summed E-state index contributed by atoms with van der Waals surface area (Å²) in [6.07, 6.45) is 4.40. The first-order valence-electron chi connectivity index (χ1n) is 4.71. The fourth-order valence-electron chi connectivity index (χ4n) is 1.26. The Morgan fingerprint density at radius 1 is 1.57 bits per heavy atom. The second kappa shape index (κ2) is 5.21. The summed E-state index contributed by atoms with van der Waals surface area (Å²) >= 11 is 0. The molecule has 4 heteroatoms. The molecule has 0 amide bonds. The Labute approximate surface area is 84.5 Å². The van der Waals surface area contributed by atoms with Gasteiger partial charge in [0.15, 0.2) is 0 Å². The Hall–Kier alpha value is -1.58. The molecule has 1 rings (SSSR count). The Kier molecular flexibility index (Phi) is 3.91. The molecule has 0 unspecified atom stereocenters. The summed E-state index contributed by atoms with van der Waals surface area (Å²) in [5, 5.41) is 0. The molecule has 0 bridgehead atoms. The maximum Gasteiger partial charge on any atom is 0.134 e. The van der Waals surface area contributed by atoms with Crippen molar-refractivity contribution >= 4 is 11.6 Å². The zero-order valence-electron chi connectivity index (χ0n) is 8.48. The van der Waals surface area contributed by atoms with Crippen molar-refractivity contribution in [3.8, 4) is 0 Å². The van der Waals surface area contributed by atoms with E-state index in [2.05, 4.69) is 28.4 Å². The molecule has 1 heterocycles. The zero-order valence-corrected chi connectivity index (χ0v) is 8.48. The highest BCUT2D eigenvalue weighted by Crippen LogP contribution is 2.11. The van der Waals surface area contributed by atoms with Crippen LogP contribution in [0.5, 0.6) is 0 Å². The molecule has 0 aliphatic rings. The lowest BCUT2D eigenvalue weighted by Gasteiger charge is -2.21. The van der Waals surface area contributed by atoms with Gasteiger partial charge in [-0.05, 0) is 6.42 Å². The molecule has 0 spiro atoms. The van der Waals surface area contributed by atoms with E-state index in [1.54, 1.807) is 6.07 Å². The molecule has 0 atom stereocenters. The third-order valence-corrected chi connectivity index (χ3v) is 1.84. The molecule has 0 saturated heterocycles. The second-order valence-corrected chi connectivity index (χ2v) is 3.04. The van der Waals surface area contributed by atoms with Gasteiger partial charge in [-0.3, -0.25) is 0 Å². The Morgan fingerprint density at radius 2 is 2.36 bits per heavy atom. The predicted octanol–water partition coefficient (Wildman–Crippen LogP) is 1.46. The van der Waals surface area contributed by atoms with Gasteiger partial charge in [-0.25, -0.2) is 9.97 Å². The van der Waals surface area contributed by atoms with Gasteiger partial charge in [0, 0.05) is 19.2 Å². The van der Waals surface area contributed by atoms with Gasteiger partial charge in [-0.2, -0.15) is 0 Å². The lowest BCUT2D eigenvalue weighted by Crippen LogP contribution is -2.25. The molecule has 1 aromatic rings. The third kappa shape index (κ3) is 2.73. The van der Waals surface area contributed by atoms with Crippen LogP contribution in [0.4, 0.5) is 11.6 Å². The van der Waals surface area contributed by atoms with Crippen LogP contribution in [0.3, 0.4) is 0 Å². The number of anilines is 2. The van der Waals surface area contributed by atoms with Crippen molar-refractivity contribution in [3.63, 3.8) is 0 Å². The van der Waals surface area contributed by atoms with E-state index >= 15 is 0 Å². The van der Waals surface area contributed by atoms with Crippen molar-refractivity contribution in [3.05, 3.63) is 25.0 Å². The van der Waals surface area contributed by atoms with E-state index in [9.17, 15) is 0 Å². The first-order chi connectivity index (χ1) is 6.77. The number of rotatable bonds is 5. The highest BCUT2D eigenvalue weighted by Gasteiger charge is 2.04. The summed E-state index contributed by atoms with van der Waals surface area (Å²) in [6.45, 7) is 7.57. The standard InChI is InChI=1S/C10H16N4/c1-3-5-14(6-4-2)10-7-9(11)12-8-13-10/h3,7-8H,1,4-6H2,2H3,(H2,11,12,13). The van der Waals surface area contributed by atoms with Crippen LogP contribution in [-0.2, 0) is 0 Å². The fraction of sp³-hybridized carbons (Fsp3) is 0.400. The van der Waals surface area contributed by atoms with Gasteiger partial charge < -0.3 is 10.6 Å². The van der Waals surface area contributed by atoms with Crippen LogP contribution in [0.15, 0.2) is 25.0 Å². The van der Waals surface area contributed by atoms with Gasteiger partial charge >= 0.3 is 0 Å². The van der Waals surface area contributed by atoms with Crippen molar-refractivity contribution in [1.29, 1.82) is 0 Å². The SMILES string of the molecule is C=CCN(CCC)c1cc(N)ncn1. The van der Waals surface area contributed by atoms with E-state index in [-0.39, 0.29) is 0 Å². The van der Waals surface area contributed by atoms with Crippen molar-refractivity contribution < 1.29 is 0 Å². The van der Waals surface area contributed by atoms with Crippen LogP contribution in [0.25, 0.3) is 0 Å². The van der Waals surface area contributed by atoms with Crippen LogP contribution in [0.1, 0.15) is 13.3 Å². The molecule has 14 heavy (non-hydrogen) atoms. The number of hydrogen-bond acceptors (Lipinski definition) is 4. The van der Waals surface area contributed by atoms with Crippen molar-refractivity contribution in [1.82, 2.24) is 9.97 Å². The molecule has 4 nitrogen and oxygen atoms in total. The van der Waals surface area contributed by atoms with Gasteiger partial charge in [-0.15, -0.1) is 6.58 Å². The molecule has 0 aliphatic carbocycles. The Bertz CT molecular complexity index is 298. The van der Waals surface area contributed by atoms with Crippen molar-refractivity contribution in [2.24, 2.45) is 0 Å².